The Balaban J connectivity index is 0.00000188. The van der Waals surface area contributed by atoms with Crippen LogP contribution < -0.4 is 5.73 Å². The minimum atomic E-state index is -0.446. The standard InChI is InChI=1S/C33H44N6O2S.CH4O/c1-7-9-24-25(8-2)38(6)31(37-24)42-18-28(41)23-13-12-22-21-11-10-20-14-26-19(17-36-39(26)30(34)35-5)15-32(20,3)29(21)27(40)16-33(22,23)4;1-2/h7-9,14,17,21-23,27,29,40H,2,10-13,15-16,18H2,1,3-6H3,(H2,34,35);2H,1H3/b9-7-;. The summed E-state index contributed by atoms with van der Waals surface area (Å²) in [6.07, 6.45) is 15.0. The number of allylic oxidation sites excluding steroid dienone is 2. The van der Waals surface area contributed by atoms with Crippen LogP contribution in [0.25, 0.3) is 18.2 Å². The van der Waals surface area contributed by atoms with Crippen molar-refractivity contribution in [2.45, 2.75) is 70.6 Å². The molecule has 3 saturated carbocycles. The first-order valence-corrected chi connectivity index (χ1v) is 16.7. The first-order chi connectivity index (χ1) is 21.1. The zero-order valence-electron chi connectivity index (χ0n) is 27.0. The van der Waals surface area contributed by atoms with Gasteiger partial charge in [0.1, 0.15) is 5.78 Å². The second kappa shape index (κ2) is 12.4. The van der Waals surface area contributed by atoms with E-state index in [1.165, 1.54) is 17.3 Å². The van der Waals surface area contributed by atoms with Gasteiger partial charge in [0, 0.05) is 27.1 Å². The van der Waals surface area contributed by atoms with Crippen LogP contribution >= 0.6 is 11.8 Å². The fourth-order valence-electron chi connectivity index (χ4n) is 9.39. The van der Waals surface area contributed by atoms with Crippen LogP contribution in [0, 0.1) is 34.5 Å². The van der Waals surface area contributed by atoms with Gasteiger partial charge in [-0.15, -0.1) is 0 Å². The average Bonchev–Trinajstić information content (AvgIpc) is 3.66. The maximum atomic E-state index is 13.8. The topological polar surface area (TPSA) is 132 Å². The normalized spacial score (nSPS) is 32.6. The van der Waals surface area contributed by atoms with Gasteiger partial charge < -0.3 is 20.5 Å². The van der Waals surface area contributed by atoms with Crippen molar-refractivity contribution < 1.29 is 15.0 Å². The maximum Gasteiger partial charge on any atom is 0.216 e. The second-order valence-corrected chi connectivity index (χ2v) is 14.2. The molecule has 0 bridgehead atoms. The Labute approximate surface area is 265 Å². The largest absolute Gasteiger partial charge is 0.400 e. The molecule has 2 aromatic heterocycles. The van der Waals surface area contributed by atoms with Gasteiger partial charge in [0.15, 0.2) is 5.16 Å². The van der Waals surface area contributed by atoms with Crippen molar-refractivity contribution in [3.8, 4) is 0 Å². The van der Waals surface area contributed by atoms with Gasteiger partial charge in [-0.3, -0.25) is 9.79 Å². The van der Waals surface area contributed by atoms with Gasteiger partial charge in [-0.05, 0) is 97.8 Å². The van der Waals surface area contributed by atoms with E-state index in [0.717, 1.165) is 67.0 Å². The predicted octanol–water partition coefficient (Wildman–Crippen LogP) is 4.82. The van der Waals surface area contributed by atoms with Crippen LogP contribution in [0.1, 0.15) is 75.5 Å². The Kier molecular flexibility index (Phi) is 9.18. The summed E-state index contributed by atoms with van der Waals surface area (Å²) >= 11 is 1.52. The number of rotatable bonds is 6. The molecule has 2 aromatic rings. The van der Waals surface area contributed by atoms with Gasteiger partial charge in [-0.1, -0.05) is 43.8 Å². The Bertz CT molecular complexity index is 1520. The highest BCUT2D eigenvalue weighted by Gasteiger charge is 2.63. The van der Waals surface area contributed by atoms with Crippen molar-refractivity contribution in [2.75, 3.05) is 19.9 Å². The number of carbonyl (C=O) groups is 1. The van der Waals surface area contributed by atoms with Crippen LogP contribution in [-0.2, 0) is 18.3 Å². The predicted molar refractivity (Wildman–Crippen MR) is 178 cm³/mol. The van der Waals surface area contributed by atoms with Crippen LogP contribution in [0.3, 0.4) is 0 Å². The number of thioether (sulfide) groups is 1. The summed E-state index contributed by atoms with van der Waals surface area (Å²) in [7, 11) is 4.66. The Morgan fingerprint density at radius 2 is 2.05 bits per heavy atom. The van der Waals surface area contributed by atoms with Gasteiger partial charge in [0.25, 0.3) is 0 Å². The molecule has 7 atom stereocenters. The molecule has 9 nitrogen and oxygen atoms in total. The molecule has 3 fully saturated rings. The summed E-state index contributed by atoms with van der Waals surface area (Å²) in [4.78, 5) is 22.7. The number of ketones is 1. The van der Waals surface area contributed by atoms with Crippen molar-refractivity contribution in [3.05, 3.63) is 47.1 Å². The van der Waals surface area contributed by atoms with Crippen LogP contribution in [0.4, 0.5) is 0 Å². The number of nitrogens with zero attached hydrogens (tertiary/aromatic N) is 5. The fraction of sp³-hybridized carbons (Fsp3) is 0.588. The Morgan fingerprint density at radius 1 is 1.30 bits per heavy atom. The van der Waals surface area contributed by atoms with E-state index in [-0.39, 0.29) is 22.7 Å². The first-order valence-electron chi connectivity index (χ1n) is 15.7. The fourth-order valence-corrected chi connectivity index (χ4v) is 10.3. The molecule has 0 spiro atoms. The summed E-state index contributed by atoms with van der Waals surface area (Å²) < 4.78 is 3.75. The van der Waals surface area contributed by atoms with Gasteiger partial charge in [0.2, 0.25) is 5.96 Å². The molecule has 0 amide bonds. The zero-order chi connectivity index (χ0) is 32.0. The zero-order valence-corrected chi connectivity index (χ0v) is 27.8. The summed E-state index contributed by atoms with van der Waals surface area (Å²) in [5.74, 6) is 2.06. The summed E-state index contributed by atoms with van der Waals surface area (Å²) in [6.45, 7) is 10.6. The molecule has 7 unspecified atom stereocenters. The summed E-state index contributed by atoms with van der Waals surface area (Å²) in [5.41, 5.74) is 11.2. The third kappa shape index (κ3) is 5.03. The number of carbonyl (C=O) groups excluding carboxylic acids is 1. The number of aliphatic hydroxyl groups excluding tert-OH is 2. The minimum absolute atomic E-state index is 0.0306. The summed E-state index contributed by atoms with van der Waals surface area (Å²) in [6, 6.07) is 0. The second-order valence-electron chi connectivity index (χ2n) is 13.2. The van der Waals surface area contributed by atoms with Crippen LogP contribution in [0.5, 0.6) is 0 Å². The number of imidazole rings is 1. The van der Waals surface area contributed by atoms with E-state index >= 15 is 0 Å². The maximum absolute atomic E-state index is 13.8. The van der Waals surface area contributed by atoms with Crippen molar-refractivity contribution >= 4 is 41.7 Å². The van der Waals surface area contributed by atoms with E-state index in [4.69, 9.17) is 15.8 Å². The molecular formula is C34H48N6O3S. The molecular weight excluding hydrogens is 572 g/mol. The number of aromatic nitrogens is 4. The molecule has 2 heterocycles. The van der Waals surface area contributed by atoms with E-state index in [1.807, 2.05) is 43.0 Å². The molecule has 0 saturated heterocycles. The van der Waals surface area contributed by atoms with Crippen LogP contribution in [0.15, 0.2) is 34.6 Å². The van der Waals surface area contributed by atoms with Gasteiger partial charge >= 0.3 is 0 Å². The lowest BCUT2D eigenvalue weighted by molar-refractivity contribution is -0.140. The minimum Gasteiger partial charge on any atom is -0.400 e. The molecule has 4 aliphatic carbocycles. The lowest BCUT2D eigenvalue weighted by atomic mass is 9.46. The van der Waals surface area contributed by atoms with E-state index < -0.39 is 6.10 Å². The van der Waals surface area contributed by atoms with E-state index in [9.17, 15) is 9.90 Å². The van der Waals surface area contributed by atoms with Gasteiger partial charge in [-0.25, -0.2) is 9.67 Å². The summed E-state index contributed by atoms with van der Waals surface area (Å²) in [5, 5.41) is 24.3. The first kappa shape index (κ1) is 32.4. The monoisotopic (exact) mass is 620 g/mol. The molecule has 10 heteroatoms. The van der Waals surface area contributed by atoms with Gasteiger partial charge in [-0.2, -0.15) is 5.10 Å². The molecule has 4 aliphatic rings. The SMILES string of the molecule is C=Cc1c(/C=C\C)nc(SCC(=O)C2CCC3C4CCC5=Cc6c(cnn6C(N)=NC)CC5(C)C4C(O)CC23C)n1C.CO. The van der Waals surface area contributed by atoms with E-state index in [1.54, 1.807) is 11.7 Å². The third-order valence-corrected chi connectivity index (χ3v) is 12.3. The molecule has 4 N–H and O–H groups in total. The lowest BCUT2D eigenvalue weighted by Crippen LogP contribution is -2.57. The van der Waals surface area contributed by atoms with E-state index in [0.29, 0.717) is 35.8 Å². The highest BCUT2D eigenvalue weighted by atomic mass is 32.2. The van der Waals surface area contributed by atoms with Crippen LogP contribution in [0.2, 0.25) is 0 Å². The molecule has 0 aliphatic heterocycles. The highest BCUT2D eigenvalue weighted by Crippen LogP contribution is 2.66. The molecule has 0 aromatic carbocycles. The van der Waals surface area contributed by atoms with Crippen molar-refractivity contribution in [3.63, 3.8) is 0 Å². The highest BCUT2D eigenvalue weighted by molar-refractivity contribution is 7.99. The molecule has 0 radical (unpaired) electrons. The number of fused-ring (bicyclic) bond motifs is 6. The molecule has 6 rings (SSSR count). The van der Waals surface area contributed by atoms with Crippen molar-refractivity contribution in [1.82, 2.24) is 19.3 Å². The lowest BCUT2D eigenvalue weighted by Gasteiger charge is -2.59. The molecule has 238 valence electrons. The third-order valence-electron chi connectivity index (χ3n) is 11.2. The molecule has 44 heavy (non-hydrogen) atoms. The van der Waals surface area contributed by atoms with Crippen molar-refractivity contribution in [1.29, 1.82) is 0 Å². The van der Waals surface area contributed by atoms with Crippen LogP contribution in [-0.4, -0.2) is 67.3 Å². The average molecular weight is 621 g/mol. The smallest absolute Gasteiger partial charge is 0.216 e. The number of hydrogen-bond acceptors (Lipinski definition) is 7. The number of Topliss-reactive ketones (excluding diaryl/α,β-unsaturated/α-hetero) is 1. The quantitative estimate of drug-likeness (QED) is 0.240. The number of hydrogen-bond donors (Lipinski definition) is 3. The van der Waals surface area contributed by atoms with E-state index in [2.05, 4.69) is 36.6 Å². The Morgan fingerprint density at radius 3 is 2.73 bits per heavy atom. The Hall–Kier alpha value is -2.95. The number of aliphatic imine (C=N–C) groups is 1. The number of aliphatic hydroxyl groups is 2. The number of nitrogens with two attached hydrogens (primary N) is 1. The van der Waals surface area contributed by atoms with Gasteiger partial charge in [0.05, 0.1) is 35.1 Å². The van der Waals surface area contributed by atoms with Crippen molar-refractivity contribution in [2.24, 2.45) is 52.3 Å².